The molecule has 0 saturated carbocycles. The summed E-state index contributed by atoms with van der Waals surface area (Å²) in [5.74, 6) is 1.27. The summed E-state index contributed by atoms with van der Waals surface area (Å²) < 4.78 is 0. The molecule has 1 aliphatic heterocycles. The molecule has 104 valence electrons. The first kappa shape index (κ1) is 13.7. The predicted molar refractivity (Wildman–Crippen MR) is 74.0 cm³/mol. The third-order valence-electron chi connectivity index (χ3n) is 3.53. The Labute approximate surface area is 113 Å². The van der Waals surface area contributed by atoms with Crippen LogP contribution in [0.3, 0.4) is 0 Å². The molecule has 1 amide bonds. The fourth-order valence-corrected chi connectivity index (χ4v) is 2.49. The van der Waals surface area contributed by atoms with Gasteiger partial charge < -0.3 is 16.0 Å². The Kier molecular flexibility index (Phi) is 4.68. The van der Waals surface area contributed by atoms with Crippen molar-refractivity contribution in [2.45, 2.75) is 19.3 Å². The summed E-state index contributed by atoms with van der Waals surface area (Å²) in [7, 11) is 1.58. The summed E-state index contributed by atoms with van der Waals surface area (Å²) in [6, 6.07) is 3.58. The molecule has 1 fully saturated rings. The highest BCUT2D eigenvalue weighted by molar-refractivity contribution is 5.91. The molecule has 3 N–H and O–H groups in total. The van der Waals surface area contributed by atoms with Gasteiger partial charge in [0.05, 0.1) is 0 Å². The number of piperidine rings is 1. The topological polar surface area (TPSA) is 84.1 Å². The third kappa shape index (κ3) is 3.41. The minimum absolute atomic E-state index is 0.210. The molecule has 0 bridgehead atoms. The monoisotopic (exact) mass is 263 g/mol. The summed E-state index contributed by atoms with van der Waals surface area (Å²) in [5.41, 5.74) is 5.97. The van der Waals surface area contributed by atoms with Gasteiger partial charge in [0.2, 0.25) is 0 Å². The second-order valence-electron chi connectivity index (χ2n) is 4.89. The van der Waals surface area contributed by atoms with Crippen LogP contribution >= 0.6 is 0 Å². The number of anilines is 1. The van der Waals surface area contributed by atoms with Crippen molar-refractivity contribution in [2.24, 2.45) is 11.7 Å². The van der Waals surface area contributed by atoms with E-state index in [9.17, 15) is 4.79 Å². The van der Waals surface area contributed by atoms with Crippen LogP contribution in [0.4, 0.5) is 5.82 Å². The maximum atomic E-state index is 11.4. The van der Waals surface area contributed by atoms with Crippen molar-refractivity contribution in [3.05, 3.63) is 17.8 Å². The van der Waals surface area contributed by atoms with Crippen molar-refractivity contribution in [1.82, 2.24) is 15.5 Å². The largest absolute Gasteiger partial charge is 0.355 e. The van der Waals surface area contributed by atoms with Gasteiger partial charge in [0.25, 0.3) is 5.91 Å². The molecule has 0 spiro atoms. The van der Waals surface area contributed by atoms with E-state index in [0.29, 0.717) is 11.6 Å². The number of amides is 1. The van der Waals surface area contributed by atoms with Gasteiger partial charge in [-0.2, -0.15) is 0 Å². The first-order valence-electron chi connectivity index (χ1n) is 6.75. The summed E-state index contributed by atoms with van der Waals surface area (Å²) in [6.45, 7) is 2.71. The SMILES string of the molecule is CNC(=O)c1ccc(N2CCCC(CCN)C2)nn1. The van der Waals surface area contributed by atoms with E-state index in [2.05, 4.69) is 20.4 Å². The van der Waals surface area contributed by atoms with Crippen molar-refractivity contribution in [3.8, 4) is 0 Å². The Hall–Kier alpha value is -1.69. The molecule has 1 atom stereocenters. The van der Waals surface area contributed by atoms with Gasteiger partial charge in [-0.3, -0.25) is 4.79 Å². The maximum absolute atomic E-state index is 11.4. The molecule has 6 heteroatoms. The average Bonchev–Trinajstić information content (AvgIpc) is 2.47. The fourth-order valence-electron chi connectivity index (χ4n) is 2.49. The van der Waals surface area contributed by atoms with Crippen LogP contribution in [-0.4, -0.2) is 42.8 Å². The van der Waals surface area contributed by atoms with Gasteiger partial charge in [0.15, 0.2) is 11.5 Å². The first-order chi connectivity index (χ1) is 9.24. The number of hydrogen-bond acceptors (Lipinski definition) is 5. The molecule has 2 heterocycles. The Balaban J connectivity index is 2.03. The summed E-state index contributed by atoms with van der Waals surface area (Å²) in [4.78, 5) is 13.6. The van der Waals surface area contributed by atoms with Gasteiger partial charge in [-0.15, -0.1) is 10.2 Å². The zero-order valence-electron chi connectivity index (χ0n) is 11.3. The molecule has 1 aromatic heterocycles. The van der Waals surface area contributed by atoms with Crippen molar-refractivity contribution in [2.75, 3.05) is 31.6 Å². The predicted octanol–water partition coefficient (Wildman–Crippen LogP) is 0.401. The number of nitrogens with zero attached hydrogens (tertiary/aromatic N) is 3. The highest BCUT2D eigenvalue weighted by Gasteiger charge is 2.20. The Morgan fingerprint density at radius 3 is 3.00 bits per heavy atom. The molecule has 1 aliphatic rings. The van der Waals surface area contributed by atoms with Gasteiger partial charge in [-0.25, -0.2) is 0 Å². The first-order valence-corrected chi connectivity index (χ1v) is 6.75. The van der Waals surface area contributed by atoms with E-state index in [-0.39, 0.29) is 5.91 Å². The van der Waals surface area contributed by atoms with Crippen LogP contribution in [-0.2, 0) is 0 Å². The molecule has 1 unspecified atom stereocenters. The van der Waals surface area contributed by atoms with Crippen molar-refractivity contribution >= 4 is 11.7 Å². The number of carbonyl (C=O) groups excluding carboxylic acids is 1. The zero-order valence-corrected chi connectivity index (χ0v) is 11.3. The fraction of sp³-hybridized carbons (Fsp3) is 0.615. The van der Waals surface area contributed by atoms with Crippen LogP contribution in [0, 0.1) is 5.92 Å². The second-order valence-corrected chi connectivity index (χ2v) is 4.89. The minimum Gasteiger partial charge on any atom is -0.355 e. The van der Waals surface area contributed by atoms with Gasteiger partial charge in [0.1, 0.15) is 0 Å². The number of aromatic nitrogens is 2. The van der Waals surface area contributed by atoms with E-state index in [1.54, 1.807) is 13.1 Å². The van der Waals surface area contributed by atoms with E-state index < -0.39 is 0 Å². The number of nitrogens with one attached hydrogen (secondary N) is 1. The molecular weight excluding hydrogens is 242 g/mol. The zero-order chi connectivity index (χ0) is 13.7. The molecule has 0 aromatic carbocycles. The molecule has 2 rings (SSSR count). The normalized spacial score (nSPS) is 19.3. The lowest BCUT2D eigenvalue weighted by Gasteiger charge is -2.33. The average molecular weight is 263 g/mol. The highest BCUT2D eigenvalue weighted by atomic mass is 16.1. The number of carbonyl (C=O) groups is 1. The molecule has 6 nitrogen and oxygen atoms in total. The summed E-state index contributed by atoms with van der Waals surface area (Å²) >= 11 is 0. The Bertz CT molecular complexity index is 418. The van der Waals surface area contributed by atoms with Gasteiger partial charge in [0, 0.05) is 20.1 Å². The molecule has 0 radical (unpaired) electrons. The maximum Gasteiger partial charge on any atom is 0.271 e. The smallest absolute Gasteiger partial charge is 0.271 e. The Morgan fingerprint density at radius 1 is 1.53 bits per heavy atom. The van der Waals surface area contributed by atoms with E-state index >= 15 is 0 Å². The van der Waals surface area contributed by atoms with Gasteiger partial charge in [-0.1, -0.05) is 0 Å². The number of hydrogen-bond donors (Lipinski definition) is 2. The molecule has 19 heavy (non-hydrogen) atoms. The number of nitrogens with two attached hydrogens (primary N) is 1. The lowest BCUT2D eigenvalue weighted by molar-refractivity contribution is 0.0957. The van der Waals surface area contributed by atoms with Crippen LogP contribution < -0.4 is 16.0 Å². The van der Waals surface area contributed by atoms with E-state index in [1.807, 2.05) is 6.07 Å². The quantitative estimate of drug-likeness (QED) is 0.821. The van der Waals surface area contributed by atoms with E-state index in [0.717, 1.165) is 38.3 Å². The van der Waals surface area contributed by atoms with E-state index in [4.69, 9.17) is 5.73 Å². The molecule has 1 saturated heterocycles. The Morgan fingerprint density at radius 2 is 2.37 bits per heavy atom. The van der Waals surface area contributed by atoms with Crippen LogP contribution in [0.5, 0.6) is 0 Å². The van der Waals surface area contributed by atoms with Crippen LogP contribution in [0.25, 0.3) is 0 Å². The number of rotatable bonds is 4. The molecular formula is C13H21N5O. The molecule has 1 aromatic rings. The van der Waals surface area contributed by atoms with Gasteiger partial charge >= 0.3 is 0 Å². The van der Waals surface area contributed by atoms with Crippen LogP contribution in [0.2, 0.25) is 0 Å². The molecule has 0 aliphatic carbocycles. The van der Waals surface area contributed by atoms with Crippen LogP contribution in [0.15, 0.2) is 12.1 Å². The van der Waals surface area contributed by atoms with Crippen molar-refractivity contribution in [3.63, 3.8) is 0 Å². The van der Waals surface area contributed by atoms with Gasteiger partial charge in [-0.05, 0) is 43.9 Å². The standard InChI is InChI=1S/C13H21N5O/c1-15-13(19)11-4-5-12(17-16-11)18-8-2-3-10(9-18)6-7-14/h4-5,10H,2-3,6-9,14H2,1H3,(H,15,19). The summed E-state index contributed by atoms with van der Waals surface area (Å²) in [6.07, 6.45) is 3.45. The van der Waals surface area contributed by atoms with Crippen LogP contribution in [0.1, 0.15) is 29.8 Å². The van der Waals surface area contributed by atoms with Crippen molar-refractivity contribution in [1.29, 1.82) is 0 Å². The summed E-state index contributed by atoms with van der Waals surface area (Å²) in [5, 5.41) is 10.7. The minimum atomic E-state index is -0.210. The third-order valence-corrected chi connectivity index (χ3v) is 3.53. The lowest BCUT2D eigenvalue weighted by Crippen LogP contribution is -2.37. The second kappa shape index (κ2) is 6.47. The lowest BCUT2D eigenvalue weighted by atomic mass is 9.95. The van der Waals surface area contributed by atoms with Crippen molar-refractivity contribution < 1.29 is 4.79 Å². The highest BCUT2D eigenvalue weighted by Crippen LogP contribution is 2.22. The van der Waals surface area contributed by atoms with E-state index in [1.165, 1.54) is 6.42 Å².